The molecule has 0 saturated heterocycles. The van der Waals surface area contributed by atoms with Gasteiger partial charge in [0.25, 0.3) is 0 Å². The number of nitrogens with zero attached hydrogens (tertiary/aromatic N) is 2. The van der Waals surface area contributed by atoms with Crippen LogP contribution < -0.4 is 5.32 Å². The molecule has 0 radical (unpaired) electrons. The van der Waals surface area contributed by atoms with Gasteiger partial charge in [-0.3, -0.25) is 0 Å². The largest absolute Gasteiger partial charge is 0.462 e. The minimum absolute atomic E-state index is 0.650. The Labute approximate surface area is 98.7 Å². The molecule has 0 aromatic carbocycles. The molecule has 0 aliphatic carbocycles. The highest BCUT2D eigenvalue weighted by molar-refractivity contribution is 7.14. The molecule has 0 saturated carbocycles. The summed E-state index contributed by atoms with van der Waals surface area (Å²) in [7, 11) is 0. The normalized spacial score (nSPS) is 11.2. The smallest absolute Gasteiger partial charge is 0.183 e. The fourth-order valence-corrected chi connectivity index (χ4v) is 2.07. The lowest BCUT2D eigenvalue weighted by Gasteiger charge is -2.03. The van der Waals surface area contributed by atoms with Crippen LogP contribution in [0, 0.1) is 5.92 Å². The Balaban J connectivity index is 1.93. The van der Waals surface area contributed by atoms with Gasteiger partial charge in [-0.25, -0.2) is 0 Å². The Kier molecular flexibility index (Phi) is 3.69. The minimum atomic E-state index is 0.650. The highest BCUT2D eigenvalue weighted by Gasteiger charge is 2.08. The second-order valence-electron chi connectivity index (χ2n) is 4.00. The van der Waals surface area contributed by atoms with Crippen molar-refractivity contribution in [2.75, 3.05) is 6.54 Å². The standard InChI is InChI=1S/C11H15N3OS/c1-8(2)6-12-7-10-13-14-11(16-10)9-4-3-5-15-9/h3-5,8,12H,6-7H2,1-2H3. The van der Waals surface area contributed by atoms with Crippen molar-refractivity contribution in [3.8, 4) is 10.8 Å². The average Bonchev–Trinajstić information content (AvgIpc) is 2.85. The quantitative estimate of drug-likeness (QED) is 0.868. The number of nitrogens with one attached hydrogen (secondary N) is 1. The number of aromatic nitrogens is 2. The van der Waals surface area contributed by atoms with Crippen molar-refractivity contribution in [2.24, 2.45) is 5.92 Å². The molecule has 16 heavy (non-hydrogen) atoms. The van der Waals surface area contributed by atoms with Crippen LogP contribution in [0.1, 0.15) is 18.9 Å². The monoisotopic (exact) mass is 237 g/mol. The highest BCUT2D eigenvalue weighted by atomic mass is 32.1. The number of furan rings is 1. The SMILES string of the molecule is CC(C)CNCc1nnc(-c2ccco2)s1. The van der Waals surface area contributed by atoms with Crippen LogP contribution in [0.3, 0.4) is 0 Å². The van der Waals surface area contributed by atoms with Gasteiger partial charge >= 0.3 is 0 Å². The van der Waals surface area contributed by atoms with Crippen molar-refractivity contribution >= 4 is 11.3 Å². The van der Waals surface area contributed by atoms with Crippen LogP contribution in [-0.4, -0.2) is 16.7 Å². The van der Waals surface area contributed by atoms with E-state index in [1.165, 1.54) is 0 Å². The van der Waals surface area contributed by atoms with Crippen LogP contribution in [0.5, 0.6) is 0 Å². The lowest BCUT2D eigenvalue weighted by atomic mass is 10.2. The molecule has 0 fully saturated rings. The van der Waals surface area contributed by atoms with Gasteiger partial charge in [0.15, 0.2) is 10.8 Å². The van der Waals surface area contributed by atoms with Crippen molar-refractivity contribution in [3.05, 3.63) is 23.4 Å². The summed E-state index contributed by atoms with van der Waals surface area (Å²) in [5.74, 6) is 1.44. The van der Waals surface area contributed by atoms with Crippen molar-refractivity contribution in [3.63, 3.8) is 0 Å². The lowest BCUT2D eigenvalue weighted by Crippen LogP contribution is -2.18. The Morgan fingerprint density at radius 2 is 2.31 bits per heavy atom. The second kappa shape index (κ2) is 5.23. The third-order valence-electron chi connectivity index (χ3n) is 2.03. The van der Waals surface area contributed by atoms with E-state index in [0.29, 0.717) is 5.92 Å². The Morgan fingerprint density at radius 3 is 3.00 bits per heavy atom. The Bertz CT molecular complexity index is 422. The molecular formula is C11H15N3OS. The molecule has 0 aliphatic rings. The van der Waals surface area contributed by atoms with E-state index >= 15 is 0 Å². The van der Waals surface area contributed by atoms with Crippen LogP contribution in [-0.2, 0) is 6.54 Å². The summed E-state index contributed by atoms with van der Waals surface area (Å²) in [6.45, 7) is 6.13. The van der Waals surface area contributed by atoms with Gasteiger partial charge in [-0.1, -0.05) is 25.2 Å². The Hall–Kier alpha value is -1.20. The molecule has 0 atom stereocenters. The number of rotatable bonds is 5. The van der Waals surface area contributed by atoms with Crippen molar-refractivity contribution in [2.45, 2.75) is 20.4 Å². The molecule has 4 nitrogen and oxygen atoms in total. The van der Waals surface area contributed by atoms with Gasteiger partial charge in [0.05, 0.1) is 6.26 Å². The highest BCUT2D eigenvalue weighted by Crippen LogP contribution is 2.23. The van der Waals surface area contributed by atoms with Gasteiger partial charge in [0, 0.05) is 6.54 Å². The van der Waals surface area contributed by atoms with E-state index in [1.807, 2.05) is 12.1 Å². The lowest BCUT2D eigenvalue weighted by molar-refractivity contribution is 0.550. The average molecular weight is 237 g/mol. The molecule has 0 amide bonds. The van der Waals surface area contributed by atoms with Gasteiger partial charge < -0.3 is 9.73 Å². The molecule has 0 unspecified atom stereocenters. The summed E-state index contributed by atoms with van der Waals surface area (Å²) in [6.07, 6.45) is 1.65. The predicted molar refractivity (Wildman–Crippen MR) is 64.2 cm³/mol. The van der Waals surface area contributed by atoms with Gasteiger partial charge in [-0.05, 0) is 24.6 Å². The summed E-state index contributed by atoms with van der Waals surface area (Å²) in [5, 5.41) is 13.4. The van der Waals surface area contributed by atoms with Gasteiger partial charge in [0.1, 0.15) is 5.01 Å². The maximum Gasteiger partial charge on any atom is 0.183 e. The van der Waals surface area contributed by atoms with Crippen LogP contribution >= 0.6 is 11.3 Å². The van der Waals surface area contributed by atoms with E-state index in [2.05, 4.69) is 29.4 Å². The zero-order chi connectivity index (χ0) is 11.4. The third kappa shape index (κ3) is 2.90. The molecule has 0 spiro atoms. The molecule has 0 aliphatic heterocycles. The topological polar surface area (TPSA) is 51.0 Å². The first-order valence-electron chi connectivity index (χ1n) is 5.32. The van der Waals surface area contributed by atoms with E-state index < -0.39 is 0 Å². The van der Waals surface area contributed by atoms with E-state index in [9.17, 15) is 0 Å². The molecule has 5 heteroatoms. The maximum atomic E-state index is 5.26. The first-order valence-corrected chi connectivity index (χ1v) is 6.14. The number of hydrogen-bond donors (Lipinski definition) is 1. The predicted octanol–water partition coefficient (Wildman–Crippen LogP) is 2.54. The second-order valence-corrected chi connectivity index (χ2v) is 5.07. The van der Waals surface area contributed by atoms with E-state index in [0.717, 1.165) is 28.9 Å². The van der Waals surface area contributed by atoms with Crippen LogP contribution in [0.15, 0.2) is 22.8 Å². The molecule has 2 aromatic heterocycles. The van der Waals surface area contributed by atoms with Crippen LogP contribution in [0.4, 0.5) is 0 Å². The summed E-state index contributed by atoms with van der Waals surface area (Å²) >= 11 is 1.56. The summed E-state index contributed by atoms with van der Waals surface area (Å²) in [4.78, 5) is 0. The first-order chi connectivity index (χ1) is 7.75. The van der Waals surface area contributed by atoms with Gasteiger partial charge in [-0.2, -0.15) is 0 Å². The molecule has 2 aromatic rings. The van der Waals surface area contributed by atoms with Crippen molar-refractivity contribution < 1.29 is 4.42 Å². The van der Waals surface area contributed by atoms with Gasteiger partial charge in [-0.15, -0.1) is 10.2 Å². The van der Waals surface area contributed by atoms with E-state index in [-0.39, 0.29) is 0 Å². The molecule has 86 valence electrons. The van der Waals surface area contributed by atoms with Crippen LogP contribution in [0.25, 0.3) is 10.8 Å². The molecule has 2 rings (SSSR count). The van der Waals surface area contributed by atoms with Gasteiger partial charge in [0.2, 0.25) is 0 Å². The third-order valence-corrected chi connectivity index (χ3v) is 2.97. The fraction of sp³-hybridized carbons (Fsp3) is 0.455. The summed E-state index contributed by atoms with van der Waals surface area (Å²) in [6, 6.07) is 3.75. The molecule has 2 heterocycles. The Morgan fingerprint density at radius 1 is 1.44 bits per heavy atom. The minimum Gasteiger partial charge on any atom is -0.462 e. The number of hydrogen-bond acceptors (Lipinski definition) is 5. The van der Waals surface area contributed by atoms with Crippen LogP contribution in [0.2, 0.25) is 0 Å². The molecule has 0 bridgehead atoms. The fourth-order valence-electron chi connectivity index (χ4n) is 1.29. The summed E-state index contributed by atoms with van der Waals surface area (Å²) < 4.78 is 5.26. The van der Waals surface area contributed by atoms with Crippen molar-refractivity contribution in [1.29, 1.82) is 0 Å². The zero-order valence-corrected chi connectivity index (χ0v) is 10.3. The zero-order valence-electron chi connectivity index (χ0n) is 9.43. The van der Waals surface area contributed by atoms with E-state index in [4.69, 9.17) is 4.42 Å². The summed E-state index contributed by atoms with van der Waals surface area (Å²) in [5.41, 5.74) is 0. The first kappa shape index (κ1) is 11.3. The van der Waals surface area contributed by atoms with E-state index in [1.54, 1.807) is 17.6 Å². The molecular weight excluding hydrogens is 222 g/mol. The maximum absolute atomic E-state index is 5.26. The molecule has 1 N–H and O–H groups in total. The van der Waals surface area contributed by atoms with Crippen molar-refractivity contribution in [1.82, 2.24) is 15.5 Å².